The summed E-state index contributed by atoms with van der Waals surface area (Å²) < 4.78 is 34.5. The van der Waals surface area contributed by atoms with E-state index in [0.717, 1.165) is 5.56 Å². The number of alkyl halides is 2. The minimum absolute atomic E-state index is 0.0362. The van der Waals surface area contributed by atoms with Gasteiger partial charge >= 0.3 is 6.61 Å². The van der Waals surface area contributed by atoms with Crippen LogP contribution >= 0.6 is 0 Å². The van der Waals surface area contributed by atoms with Gasteiger partial charge in [0.2, 0.25) is 0 Å². The average Bonchev–Trinajstić information content (AvgIpc) is 2.46. The molecule has 0 aliphatic rings. The third-order valence-corrected chi connectivity index (χ3v) is 2.87. The van der Waals surface area contributed by atoms with Crippen molar-refractivity contribution in [3.05, 3.63) is 48.0 Å². The molecule has 0 aromatic heterocycles. The molecular weight excluding hydrogens is 266 g/mol. The third-order valence-electron chi connectivity index (χ3n) is 2.87. The summed E-state index contributed by atoms with van der Waals surface area (Å²) in [6.45, 7) is -3.30. The molecule has 0 atom stereocenters. The molecule has 0 saturated heterocycles. The van der Waals surface area contributed by atoms with Gasteiger partial charge < -0.3 is 14.6 Å². The van der Waals surface area contributed by atoms with Gasteiger partial charge in [-0.1, -0.05) is 30.3 Å². The molecule has 106 valence electrons. The lowest BCUT2D eigenvalue weighted by Gasteiger charge is -2.13. The molecule has 2 aromatic carbocycles. The fourth-order valence-electron chi connectivity index (χ4n) is 1.94. The van der Waals surface area contributed by atoms with Crippen LogP contribution in [0.4, 0.5) is 8.78 Å². The van der Waals surface area contributed by atoms with Crippen LogP contribution < -0.4 is 9.47 Å². The van der Waals surface area contributed by atoms with Gasteiger partial charge in [-0.15, -0.1) is 0 Å². The maximum Gasteiger partial charge on any atom is 0.387 e. The summed E-state index contributed by atoms with van der Waals surface area (Å²) in [5, 5.41) is 9.14. The Bertz CT molecular complexity index is 585. The maximum atomic E-state index is 12.4. The van der Waals surface area contributed by atoms with Gasteiger partial charge in [-0.25, -0.2) is 0 Å². The Morgan fingerprint density at radius 1 is 1.10 bits per heavy atom. The smallest absolute Gasteiger partial charge is 0.387 e. The van der Waals surface area contributed by atoms with Crippen LogP contribution in [-0.4, -0.2) is 18.8 Å². The van der Waals surface area contributed by atoms with Crippen LogP contribution in [0.2, 0.25) is 0 Å². The van der Waals surface area contributed by atoms with E-state index in [4.69, 9.17) is 9.84 Å². The summed E-state index contributed by atoms with van der Waals surface area (Å²) in [5.74, 6) is 0.596. The quantitative estimate of drug-likeness (QED) is 0.911. The molecule has 0 bridgehead atoms. The summed E-state index contributed by atoms with van der Waals surface area (Å²) in [6.07, 6.45) is 0. The second kappa shape index (κ2) is 6.34. The van der Waals surface area contributed by atoms with Crippen molar-refractivity contribution in [1.29, 1.82) is 0 Å². The van der Waals surface area contributed by atoms with Crippen LogP contribution in [0, 0.1) is 0 Å². The molecule has 0 unspecified atom stereocenters. The minimum Gasteiger partial charge on any atom is -0.496 e. The van der Waals surface area contributed by atoms with Crippen molar-refractivity contribution < 1.29 is 23.4 Å². The zero-order valence-corrected chi connectivity index (χ0v) is 10.8. The average molecular weight is 280 g/mol. The Kier molecular flexibility index (Phi) is 4.53. The molecule has 5 heteroatoms. The molecule has 2 rings (SSSR count). The van der Waals surface area contributed by atoms with Crippen molar-refractivity contribution in [2.24, 2.45) is 0 Å². The van der Waals surface area contributed by atoms with Gasteiger partial charge in [0.15, 0.2) is 0 Å². The molecule has 0 aliphatic carbocycles. The standard InChI is InChI=1S/C15H14F2O3/c1-19-13-5-3-2-4-12(13)10-6-7-11(9-18)14(8-10)20-15(16)17/h2-8,15,18H,9H2,1H3. The first-order valence-corrected chi connectivity index (χ1v) is 5.97. The van der Waals surface area contributed by atoms with Gasteiger partial charge in [-0.05, 0) is 17.7 Å². The molecule has 3 nitrogen and oxygen atoms in total. The zero-order chi connectivity index (χ0) is 14.5. The van der Waals surface area contributed by atoms with E-state index in [1.54, 1.807) is 18.2 Å². The van der Waals surface area contributed by atoms with Gasteiger partial charge in [-0.2, -0.15) is 8.78 Å². The first-order valence-electron chi connectivity index (χ1n) is 5.97. The summed E-state index contributed by atoms with van der Waals surface area (Å²) in [5.41, 5.74) is 1.75. The van der Waals surface area contributed by atoms with E-state index < -0.39 is 6.61 Å². The first-order chi connectivity index (χ1) is 9.65. The van der Waals surface area contributed by atoms with Crippen LogP contribution in [0.5, 0.6) is 11.5 Å². The normalized spacial score (nSPS) is 10.7. The highest BCUT2D eigenvalue weighted by Gasteiger charge is 2.12. The van der Waals surface area contributed by atoms with E-state index in [-0.39, 0.29) is 12.4 Å². The van der Waals surface area contributed by atoms with E-state index in [0.29, 0.717) is 16.9 Å². The molecule has 0 fully saturated rings. The number of methoxy groups -OCH3 is 1. The highest BCUT2D eigenvalue weighted by molar-refractivity contribution is 5.72. The van der Waals surface area contributed by atoms with Crippen molar-refractivity contribution in [2.75, 3.05) is 7.11 Å². The summed E-state index contributed by atoms with van der Waals surface area (Å²) in [4.78, 5) is 0. The van der Waals surface area contributed by atoms with Crippen molar-refractivity contribution >= 4 is 0 Å². The predicted molar refractivity (Wildman–Crippen MR) is 71.0 cm³/mol. The molecule has 0 radical (unpaired) electrons. The number of hydrogen-bond donors (Lipinski definition) is 1. The Labute approximate surface area is 115 Å². The van der Waals surface area contributed by atoms with Crippen LogP contribution in [0.1, 0.15) is 5.56 Å². The Balaban J connectivity index is 2.47. The second-order valence-corrected chi connectivity index (χ2v) is 4.06. The fraction of sp³-hybridized carbons (Fsp3) is 0.200. The molecule has 2 aromatic rings. The van der Waals surface area contributed by atoms with E-state index in [1.165, 1.54) is 13.2 Å². The van der Waals surface area contributed by atoms with E-state index >= 15 is 0 Å². The zero-order valence-electron chi connectivity index (χ0n) is 10.8. The summed E-state index contributed by atoms with van der Waals surface area (Å²) in [7, 11) is 1.54. The van der Waals surface area contributed by atoms with Crippen molar-refractivity contribution in [1.82, 2.24) is 0 Å². The molecule has 0 aliphatic heterocycles. The van der Waals surface area contributed by atoms with Gasteiger partial charge in [0.25, 0.3) is 0 Å². The molecule has 0 amide bonds. The maximum absolute atomic E-state index is 12.4. The van der Waals surface area contributed by atoms with Gasteiger partial charge in [0.05, 0.1) is 13.7 Å². The Morgan fingerprint density at radius 2 is 1.85 bits per heavy atom. The van der Waals surface area contributed by atoms with Gasteiger partial charge in [0.1, 0.15) is 11.5 Å². The number of aliphatic hydroxyl groups excluding tert-OH is 1. The highest BCUT2D eigenvalue weighted by Crippen LogP contribution is 2.33. The van der Waals surface area contributed by atoms with Crippen LogP contribution in [0.3, 0.4) is 0 Å². The van der Waals surface area contributed by atoms with Crippen LogP contribution in [-0.2, 0) is 6.61 Å². The van der Waals surface area contributed by atoms with E-state index in [2.05, 4.69) is 4.74 Å². The molecule has 0 saturated carbocycles. The van der Waals surface area contributed by atoms with Crippen molar-refractivity contribution in [2.45, 2.75) is 13.2 Å². The van der Waals surface area contributed by atoms with E-state index in [9.17, 15) is 8.78 Å². The number of aliphatic hydroxyl groups is 1. The lowest BCUT2D eigenvalue weighted by Crippen LogP contribution is -2.04. The molecule has 0 heterocycles. The van der Waals surface area contributed by atoms with Crippen molar-refractivity contribution in [3.8, 4) is 22.6 Å². The second-order valence-electron chi connectivity index (χ2n) is 4.06. The summed E-state index contributed by atoms with van der Waals surface area (Å²) in [6, 6.07) is 12.0. The highest BCUT2D eigenvalue weighted by atomic mass is 19.3. The Hall–Kier alpha value is -2.14. The number of rotatable bonds is 5. The van der Waals surface area contributed by atoms with Gasteiger partial charge in [-0.3, -0.25) is 0 Å². The van der Waals surface area contributed by atoms with Crippen LogP contribution in [0.25, 0.3) is 11.1 Å². The minimum atomic E-state index is -2.94. The molecule has 1 N–H and O–H groups in total. The fourth-order valence-corrected chi connectivity index (χ4v) is 1.94. The largest absolute Gasteiger partial charge is 0.496 e. The lowest BCUT2D eigenvalue weighted by molar-refractivity contribution is -0.0509. The van der Waals surface area contributed by atoms with Crippen LogP contribution in [0.15, 0.2) is 42.5 Å². The number of benzene rings is 2. The Morgan fingerprint density at radius 3 is 2.50 bits per heavy atom. The lowest BCUT2D eigenvalue weighted by atomic mass is 10.0. The molecule has 20 heavy (non-hydrogen) atoms. The SMILES string of the molecule is COc1ccccc1-c1ccc(CO)c(OC(F)F)c1. The number of hydrogen-bond acceptors (Lipinski definition) is 3. The van der Waals surface area contributed by atoms with E-state index in [1.807, 2.05) is 18.2 Å². The van der Waals surface area contributed by atoms with Crippen molar-refractivity contribution in [3.63, 3.8) is 0 Å². The predicted octanol–water partition coefficient (Wildman–Crippen LogP) is 3.46. The number of para-hydroxylation sites is 1. The first kappa shape index (κ1) is 14.3. The molecular formula is C15H14F2O3. The number of halogens is 2. The summed E-state index contributed by atoms with van der Waals surface area (Å²) >= 11 is 0. The third kappa shape index (κ3) is 3.05. The molecule has 0 spiro atoms. The topological polar surface area (TPSA) is 38.7 Å². The number of ether oxygens (including phenoxy) is 2. The monoisotopic (exact) mass is 280 g/mol. The van der Waals surface area contributed by atoms with Gasteiger partial charge in [0, 0.05) is 11.1 Å².